The maximum absolute atomic E-state index is 13.5. The van der Waals surface area contributed by atoms with Gasteiger partial charge in [0.15, 0.2) is 5.82 Å². The zero-order valence-electron chi connectivity index (χ0n) is 33.3. The van der Waals surface area contributed by atoms with E-state index in [1.807, 2.05) is 89.0 Å². The molecule has 0 atom stereocenters. The summed E-state index contributed by atoms with van der Waals surface area (Å²) in [5, 5.41) is 28.3. The van der Waals surface area contributed by atoms with E-state index in [0.29, 0.717) is 59.3 Å². The van der Waals surface area contributed by atoms with Gasteiger partial charge in [0, 0.05) is 55.3 Å². The molecule has 4 heterocycles. The van der Waals surface area contributed by atoms with E-state index in [-0.39, 0.29) is 46.6 Å². The van der Waals surface area contributed by atoms with E-state index in [9.17, 15) is 24.6 Å². The average molecular weight is 774 g/mol. The Morgan fingerprint density at radius 3 is 2.39 bits per heavy atom. The number of aryl methyl sites for hydroxylation is 3. The summed E-state index contributed by atoms with van der Waals surface area (Å²) < 4.78 is 1.41. The second-order valence-corrected chi connectivity index (χ2v) is 14.5. The number of aromatic nitrogens is 6. The molecule has 0 unspecified atom stereocenters. The van der Waals surface area contributed by atoms with Crippen LogP contribution in [0.25, 0.3) is 28.1 Å². The maximum atomic E-state index is 13.5. The highest BCUT2D eigenvalue weighted by Gasteiger charge is 2.28. The summed E-state index contributed by atoms with van der Waals surface area (Å²) in [5.74, 6) is 0.259. The highest BCUT2D eigenvalue weighted by Crippen LogP contribution is 2.38. The van der Waals surface area contributed by atoms with E-state index in [0.717, 1.165) is 40.9 Å². The van der Waals surface area contributed by atoms with Gasteiger partial charge >= 0.3 is 5.69 Å². The Balaban J connectivity index is 0.00000270. The van der Waals surface area contributed by atoms with Gasteiger partial charge in [-0.1, -0.05) is 46.4 Å². The van der Waals surface area contributed by atoms with E-state index in [4.69, 9.17) is 5.73 Å². The number of nitrogens with two attached hydrogens (primary N) is 1. The molecule has 7 N–H and O–H groups in total. The van der Waals surface area contributed by atoms with Gasteiger partial charge in [-0.3, -0.25) is 14.6 Å². The molecule has 1 saturated heterocycles. The first-order valence-electron chi connectivity index (χ1n) is 19.3. The highest BCUT2D eigenvalue weighted by atomic mass is 16.3. The molecule has 298 valence electrons. The van der Waals surface area contributed by atoms with E-state index in [1.54, 1.807) is 12.3 Å². The second kappa shape index (κ2) is 16.7. The fraction of sp³-hybridized carbons (Fsp3) is 0.326. The minimum atomic E-state index is -0.458. The van der Waals surface area contributed by atoms with Gasteiger partial charge in [0.25, 0.3) is 11.5 Å². The lowest BCUT2D eigenvalue weighted by molar-refractivity contribution is 0.0701. The number of nitrogens with zero attached hydrogens (tertiary/aromatic N) is 5. The van der Waals surface area contributed by atoms with Crippen molar-refractivity contribution in [1.82, 2.24) is 34.6 Å². The summed E-state index contributed by atoms with van der Waals surface area (Å²) >= 11 is 0. The molecule has 14 nitrogen and oxygen atoms in total. The summed E-state index contributed by atoms with van der Waals surface area (Å²) in [7, 11) is 1.98. The van der Waals surface area contributed by atoms with E-state index < -0.39 is 5.69 Å². The number of anilines is 2. The van der Waals surface area contributed by atoms with Gasteiger partial charge in [-0.25, -0.2) is 14.5 Å². The van der Waals surface area contributed by atoms with Crippen molar-refractivity contribution < 1.29 is 15.0 Å². The number of aromatic amines is 3. The van der Waals surface area contributed by atoms with Gasteiger partial charge in [-0.2, -0.15) is 10.1 Å². The van der Waals surface area contributed by atoms with Crippen LogP contribution in [0.4, 0.5) is 11.6 Å². The average Bonchev–Trinajstić information content (AvgIpc) is 3.80. The van der Waals surface area contributed by atoms with Crippen LogP contribution in [0.15, 0.2) is 82.7 Å². The monoisotopic (exact) mass is 773 g/mol. The van der Waals surface area contributed by atoms with Crippen molar-refractivity contribution in [2.24, 2.45) is 5.92 Å². The van der Waals surface area contributed by atoms with E-state index in [2.05, 4.69) is 36.6 Å². The van der Waals surface area contributed by atoms with Crippen LogP contribution in [0.1, 0.15) is 79.1 Å². The summed E-state index contributed by atoms with van der Waals surface area (Å²) in [4.78, 5) is 52.6. The van der Waals surface area contributed by atoms with Crippen LogP contribution < -0.4 is 21.9 Å². The number of H-pyrrole nitrogens is 3. The SMILES string of the molecule is C=C(C1CCN(C(=O)c2ccc(CCc3c[nH]c4nc(N)[nH]c(=O)c34)cc2)CC1)N(C)c1ccc(-n2c(-c3cc(C(C)C)c(O)cc3O)n[nH]c2=O)cc1C.CC. The molecule has 0 spiro atoms. The Kier molecular flexibility index (Phi) is 11.7. The van der Waals surface area contributed by atoms with E-state index >= 15 is 0 Å². The number of hydrogen-bond acceptors (Lipinski definition) is 9. The number of phenolic OH excluding ortho intramolecular Hbond substituents is 2. The largest absolute Gasteiger partial charge is 0.508 e. The number of carbonyl (C=O) groups excluding carboxylic acids is 1. The third-order valence-corrected chi connectivity index (χ3v) is 10.7. The Morgan fingerprint density at radius 2 is 1.72 bits per heavy atom. The molecule has 3 aromatic carbocycles. The minimum absolute atomic E-state index is 0.00265. The molecule has 57 heavy (non-hydrogen) atoms. The first-order valence-corrected chi connectivity index (χ1v) is 19.3. The van der Waals surface area contributed by atoms with Crippen LogP contribution in [-0.4, -0.2) is 70.9 Å². The van der Waals surface area contributed by atoms with Crippen molar-refractivity contribution in [3.63, 3.8) is 0 Å². The molecule has 1 aliphatic heterocycles. The van der Waals surface area contributed by atoms with Gasteiger partial charge in [-0.05, 0) is 97.2 Å². The molecule has 1 fully saturated rings. The van der Waals surface area contributed by atoms with Gasteiger partial charge in [-0.15, -0.1) is 0 Å². The number of aromatic hydroxyl groups is 2. The van der Waals surface area contributed by atoms with Gasteiger partial charge in [0.1, 0.15) is 17.1 Å². The smallest absolute Gasteiger partial charge is 0.348 e. The quantitative estimate of drug-likeness (QED) is 0.0895. The fourth-order valence-electron chi connectivity index (χ4n) is 7.55. The van der Waals surface area contributed by atoms with Crippen LogP contribution in [0.3, 0.4) is 0 Å². The molecule has 0 radical (unpaired) electrons. The number of benzene rings is 3. The molecule has 0 aliphatic carbocycles. The Morgan fingerprint density at radius 1 is 1.02 bits per heavy atom. The molecule has 0 bridgehead atoms. The molecule has 1 aliphatic rings. The summed E-state index contributed by atoms with van der Waals surface area (Å²) in [5.41, 5.74) is 12.3. The third-order valence-electron chi connectivity index (χ3n) is 10.7. The number of fused-ring (bicyclic) bond motifs is 1. The van der Waals surface area contributed by atoms with Crippen LogP contribution in [-0.2, 0) is 12.8 Å². The lowest BCUT2D eigenvalue weighted by atomic mass is 9.92. The molecule has 1 amide bonds. The number of phenols is 2. The van der Waals surface area contributed by atoms with Crippen LogP contribution in [0.5, 0.6) is 11.5 Å². The van der Waals surface area contributed by atoms with Gasteiger partial charge in [0.05, 0.1) is 16.6 Å². The number of amides is 1. The number of allylic oxidation sites excluding steroid dienone is 1. The number of rotatable bonds is 10. The number of piperidine rings is 1. The fourth-order valence-corrected chi connectivity index (χ4v) is 7.55. The number of nitrogen functional groups attached to an aromatic ring is 1. The van der Waals surface area contributed by atoms with Gasteiger partial charge < -0.3 is 30.7 Å². The molecule has 14 heteroatoms. The number of likely N-dealkylation sites (tertiary alicyclic amines) is 1. The van der Waals surface area contributed by atoms with Crippen molar-refractivity contribution >= 4 is 28.6 Å². The van der Waals surface area contributed by atoms with Crippen molar-refractivity contribution in [3.8, 4) is 28.6 Å². The van der Waals surface area contributed by atoms with E-state index in [1.165, 1.54) is 10.6 Å². The number of hydrogen-bond donors (Lipinski definition) is 6. The minimum Gasteiger partial charge on any atom is -0.508 e. The molecule has 0 saturated carbocycles. The first kappa shape index (κ1) is 40.1. The molecular weight excluding hydrogens is 723 g/mol. The Bertz CT molecular complexity index is 2540. The van der Waals surface area contributed by atoms with Crippen molar-refractivity contribution in [2.45, 2.75) is 66.2 Å². The number of nitrogens with one attached hydrogen (secondary N) is 3. The van der Waals surface area contributed by atoms with Crippen molar-refractivity contribution in [3.05, 3.63) is 122 Å². The zero-order valence-corrected chi connectivity index (χ0v) is 33.3. The summed E-state index contributed by atoms with van der Waals surface area (Å²) in [6, 6.07) is 16.2. The summed E-state index contributed by atoms with van der Waals surface area (Å²) in [6.45, 7) is 15.5. The zero-order chi connectivity index (χ0) is 41.1. The Hall–Kier alpha value is -6.57. The normalized spacial score (nSPS) is 13.1. The molecule has 3 aromatic heterocycles. The van der Waals surface area contributed by atoms with Crippen LogP contribution in [0, 0.1) is 12.8 Å². The standard InChI is InChI=1S/C41H45N9O5.C2H6/c1-22(2)30-19-31(34(52)20-33(30)51)37-46-47-41(55)50(37)29-12-13-32(23(3)18-29)48(5)24(4)26-14-16-49(17-15-26)39(54)27-9-6-25(7-10-27)8-11-28-21-43-36-35(28)38(53)45-40(42)44-36;1-2/h6-7,9-10,12-13,18-22,26,51-52H,4,8,11,14-17H2,1-3,5H3,(H,47,55)(H4,42,43,44,45,53);1-2H3. The predicted octanol–water partition coefficient (Wildman–Crippen LogP) is 6.53. The topological polar surface area (TPSA) is 202 Å². The molecule has 6 aromatic rings. The summed E-state index contributed by atoms with van der Waals surface area (Å²) in [6.07, 6.45) is 4.66. The van der Waals surface area contributed by atoms with Crippen molar-refractivity contribution in [2.75, 3.05) is 30.8 Å². The molecular formula is C43H51N9O5. The lowest BCUT2D eigenvalue weighted by Crippen LogP contribution is -2.40. The second-order valence-electron chi connectivity index (χ2n) is 14.5. The highest BCUT2D eigenvalue weighted by molar-refractivity contribution is 5.94. The van der Waals surface area contributed by atoms with Gasteiger partial charge in [0.2, 0.25) is 5.95 Å². The first-order chi connectivity index (χ1) is 27.3. The third kappa shape index (κ3) is 8.06. The maximum Gasteiger partial charge on any atom is 0.348 e. The predicted molar refractivity (Wildman–Crippen MR) is 224 cm³/mol. The van der Waals surface area contributed by atoms with Crippen LogP contribution in [0.2, 0.25) is 0 Å². The lowest BCUT2D eigenvalue weighted by Gasteiger charge is -2.36. The molecule has 7 rings (SSSR count). The Labute approximate surface area is 330 Å². The van der Waals surface area contributed by atoms with Crippen LogP contribution >= 0.6 is 0 Å². The van der Waals surface area contributed by atoms with Crippen molar-refractivity contribution in [1.29, 1.82) is 0 Å². The number of carbonyl (C=O) groups is 1.